The number of nitrogens with zero attached hydrogens (tertiary/aromatic N) is 3. The van der Waals surface area contributed by atoms with Gasteiger partial charge in [-0.25, -0.2) is 19.4 Å². The van der Waals surface area contributed by atoms with Crippen LogP contribution in [0, 0.1) is 11.8 Å². The number of hydrogen-bond acceptors (Lipinski definition) is 7. The first-order valence-electron chi connectivity index (χ1n) is 10.4. The third kappa shape index (κ3) is 3.68. The van der Waals surface area contributed by atoms with E-state index in [1.54, 1.807) is 12.3 Å². The van der Waals surface area contributed by atoms with Gasteiger partial charge in [0.2, 0.25) is 11.8 Å². The lowest BCUT2D eigenvalue weighted by Crippen LogP contribution is -2.32. The maximum Gasteiger partial charge on any atom is 0.283 e. The van der Waals surface area contributed by atoms with Crippen LogP contribution in [0.25, 0.3) is 11.1 Å². The molecular weight excluding hydrogens is 430 g/mol. The quantitative estimate of drug-likeness (QED) is 0.591. The molecule has 1 aromatic carbocycles. The minimum absolute atomic E-state index is 0.0106. The fourth-order valence-corrected chi connectivity index (χ4v) is 3.96. The van der Waals surface area contributed by atoms with E-state index in [-0.39, 0.29) is 41.0 Å². The Bertz CT molecular complexity index is 1290. The van der Waals surface area contributed by atoms with Crippen LogP contribution in [-0.4, -0.2) is 28.2 Å². The molecule has 1 spiro atoms. The largest absolute Gasteiger partial charge is 0.462 e. The fraction of sp³-hybridized carbons (Fsp3) is 0.292. The maximum absolute atomic E-state index is 15.0. The molecule has 0 fully saturated rings. The van der Waals surface area contributed by atoms with E-state index in [1.807, 2.05) is 26.8 Å². The van der Waals surface area contributed by atoms with Crippen molar-refractivity contribution < 1.29 is 23.0 Å². The lowest BCUT2D eigenvalue weighted by Gasteiger charge is -2.33. The number of aromatic nitrogens is 2. The highest BCUT2D eigenvalue weighted by atomic mass is 19.1. The Hall–Kier alpha value is -3.59. The zero-order chi connectivity index (χ0) is 23.4. The van der Waals surface area contributed by atoms with Crippen molar-refractivity contribution in [2.75, 3.05) is 6.61 Å². The molecule has 5 rings (SSSR count). The Kier molecular flexibility index (Phi) is 4.82. The standard InChI is InChI=1S/C24H22F2N4O3/c1-23(2,3)32-11-13-7-17-21(29-10-13)33-19-9-18(25)15(14-5-4-6-28-20(14)26)8-16(19)24(17)12-31-22(27)30-24/h4-10H,11-12H2,1-3H3,(H2,27,30). The molecule has 0 aliphatic carbocycles. The van der Waals surface area contributed by atoms with Crippen LogP contribution in [0.5, 0.6) is 11.6 Å². The van der Waals surface area contributed by atoms with E-state index >= 15 is 4.39 Å². The van der Waals surface area contributed by atoms with Gasteiger partial charge in [-0.05, 0) is 50.6 Å². The molecule has 0 saturated carbocycles. The highest BCUT2D eigenvalue weighted by molar-refractivity contribution is 5.77. The second kappa shape index (κ2) is 7.48. The van der Waals surface area contributed by atoms with Gasteiger partial charge in [0.15, 0.2) is 5.54 Å². The van der Waals surface area contributed by atoms with E-state index in [0.29, 0.717) is 17.7 Å². The van der Waals surface area contributed by atoms with Crippen LogP contribution in [0.1, 0.15) is 37.5 Å². The van der Waals surface area contributed by atoms with Crippen LogP contribution in [0.2, 0.25) is 0 Å². The Labute approximate surface area is 189 Å². The second-order valence-electron chi connectivity index (χ2n) is 8.97. The molecule has 2 aliphatic rings. The summed E-state index contributed by atoms with van der Waals surface area (Å²) in [6.45, 7) is 6.27. The number of benzene rings is 1. The van der Waals surface area contributed by atoms with Gasteiger partial charge in [0, 0.05) is 35.2 Å². The molecule has 2 aliphatic heterocycles. The van der Waals surface area contributed by atoms with Crippen molar-refractivity contribution in [1.29, 1.82) is 0 Å². The van der Waals surface area contributed by atoms with Crippen LogP contribution >= 0.6 is 0 Å². The van der Waals surface area contributed by atoms with Gasteiger partial charge in [-0.3, -0.25) is 0 Å². The number of halogens is 2. The van der Waals surface area contributed by atoms with E-state index in [9.17, 15) is 4.39 Å². The number of aliphatic imine (C=N–C) groups is 1. The average Bonchev–Trinajstić information content (AvgIpc) is 3.15. The summed E-state index contributed by atoms with van der Waals surface area (Å²) >= 11 is 0. The Balaban J connectivity index is 1.67. The summed E-state index contributed by atoms with van der Waals surface area (Å²) in [7, 11) is 0. The summed E-state index contributed by atoms with van der Waals surface area (Å²) < 4.78 is 46.8. The number of rotatable bonds is 3. The normalized spacial score (nSPS) is 18.9. The number of pyridine rings is 2. The predicted octanol–water partition coefficient (Wildman–Crippen LogP) is 4.43. The second-order valence-corrected chi connectivity index (χ2v) is 8.97. The number of nitrogens with two attached hydrogens (primary N) is 1. The van der Waals surface area contributed by atoms with Crippen LogP contribution in [-0.2, 0) is 21.6 Å². The molecule has 2 N–H and O–H groups in total. The number of fused-ring (bicyclic) bond motifs is 4. The van der Waals surface area contributed by atoms with Gasteiger partial charge in [-0.15, -0.1) is 0 Å². The monoisotopic (exact) mass is 452 g/mol. The summed E-state index contributed by atoms with van der Waals surface area (Å²) in [6.07, 6.45) is 2.94. The fourth-order valence-electron chi connectivity index (χ4n) is 3.96. The summed E-state index contributed by atoms with van der Waals surface area (Å²) in [5.74, 6) is -0.966. The molecule has 1 atom stereocenters. The summed E-state index contributed by atoms with van der Waals surface area (Å²) in [6, 6.07) is 7.57. The van der Waals surface area contributed by atoms with Gasteiger partial charge >= 0.3 is 0 Å². The minimum Gasteiger partial charge on any atom is -0.462 e. The highest BCUT2D eigenvalue weighted by Gasteiger charge is 2.48. The molecular formula is C24H22F2N4O3. The lowest BCUT2D eigenvalue weighted by atomic mass is 9.81. The van der Waals surface area contributed by atoms with E-state index in [2.05, 4.69) is 15.0 Å². The molecule has 0 amide bonds. The summed E-state index contributed by atoms with van der Waals surface area (Å²) in [5, 5.41) is 0. The summed E-state index contributed by atoms with van der Waals surface area (Å²) in [5.41, 5.74) is 6.41. The topological polar surface area (TPSA) is 91.9 Å². The van der Waals surface area contributed by atoms with Crippen LogP contribution in [0.4, 0.5) is 8.78 Å². The zero-order valence-corrected chi connectivity index (χ0v) is 18.4. The lowest BCUT2D eigenvalue weighted by molar-refractivity contribution is -0.0151. The Morgan fingerprint density at radius 1 is 1.12 bits per heavy atom. The maximum atomic E-state index is 15.0. The van der Waals surface area contributed by atoms with Gasteiger partial charge in [0.05, 0.1) is 17.8 Å². The molecule has 170 valence electrons. The average molecular weight is 452 g/mol. The molecule has 7 nitrogen and oxygen atoms in total. The third-order valence-electron chi connectivity index (χ3n) is 5.53. The molecule has 0 saturated heterocycles. The molecule has 33 heavy (non-hydrogen) atoms. The molecule has 4 heterocycles. The van der Waals surface area contributed by atoms with Crippen molar-refractivity contribution in [1.82, 2.24) is 9.97 Å². The smallest absolute Gasteiger partial charge is 0.283 e. The molecule has 9 heteroatoms. The first-order valence-corrected chi connectivity index (χ1v) is 10.4. The van der Waals surface area contributed by atoms with Crippen LogP contribution < -0.4 is 10.5 Å². The van der Waals surface area contributed by atoms with E-state index in [1.165, 1.54) is 24.4 Å². The Morgan fingerprint density at radius 2 is 1.94 bits per heavy atom. The van der Waals surface area contributed by atoms with Crippen LogP contribution in [0.15, 0.2) is 47.7 Å². The highest BCUT2D eigenvalue weighted by Crippen LogP contribution is 2.51. The molecule has 3 aromatic rings. The zero-order valence-electron chi connectivity index (χ0n) is 18.4. The van der Waals surface area contributed by atoms with Crippen molar-refractivity contribution in [2.45, 2.75) is 38.5 Å². The number of ether oxygens (including phenoxy) is 3. The van der Waals surface area contributed by atoms with Gasteiger partial charge in [0.25, 0.3) is 6.02 Å². The minimum atomic E-state index is -1.13. The number of hydrogen-bond donors (Lipinski definition) is 1. The van der Waals surface area contributed by atoms with E-state index in [4.69, 9.17) is 19.9 Å². The van der Waals surface area contributed by atoms with Crippen molar-refractivity contribution in [2.24, 2.45) is 10.7 Å². The van der Waals surface area contributed by atoms with Crippen molar-refractivity contribution >= 4 is 6.02 Å². The van der Waals surface area contributed by atoms with Gasteiger partial charge < -0.3 is 19.9 Å². The Morgan fingerprint density at radius 3 is 2.64 bits per heavy atom. The first-order chi connectivity index (χ1) is 15.7. The molecule has 0 radical (unpaired) electrons. The van der Waals surface area contributed by atoms with Gasteiger partial charge in [-0.1, -0.05) is 0 Å². The molecule has 0 bridgehead atoms. The van der Waals surface area contributed by atoms with E-state index in [0.717, 1.165) is 5.56 Å². The SMILES string of the molecule is CC(C)(C)OCc1cnc2c(c1)C1(COC(N)=N1)c1cc(-c3cccnc3F)c(F)cc1O2. The van der Waals surface area contributed by atoms with Crippen molar-refractivity contribution in [3.05, 3.63) is 71.2 Å². The van der Waals surface area contributed by atoms with Crippen molar-refractivity contribution in [3.63, 3.8) is 0 Å². The summed E-state index contributed by atoms with van der Waals surface area (Å²) in [4.78, 5) is 12.6. The number of amidine groups is 1. The van der Waals surface area contributed by atoms with Crippen molar-refractivity contribution in [3.8, 4) is 22.8 Å². The predicted molar refractivity (Wildman–Crippen MR) is 117 cm³/mol. The molecule has 1 unspecified atom stereocenters. The van der Waals surface area contributed by atoms with Crippen LogP contribution in [0.3, 0.4) is 0 Å². The van der Waals surface area contributed by atoms with Gasteiger partial charge in [0.1, 0.15) is 18.2 Å². The molecule has 2 aromatic heterocycles. The van der Waals surface area contributed by atoms with E-state index < -0.39 is 17.3 Å². The first kappa shape index (κ1) is 21.3. The third-order valence-corrected chi connectivity index (χ3v) is 5.53. The van der Waals surface area contributed by atoms with Gasteiger partial charge in [-0.2, -0.15) is 4.39 Å².